The molecule has 0 saturated heterocycles. The Morgan fingerprint density at radius 2 is 1.77 bits per heavy atom. The Morgan fingerprint density at radius 1 is 1.00 bits per heavy atom. The SMILES string of the molecule is COc1ccc(C)cc1Nc1cc(NCCc2ccc(F)cc2)ncn1. The van der Waals surface area contributed by atoms with E-state index in [2.05, 4.69) is 20.6 Å². The zero-order valence-electron chi connectivity index (χ0n) is 14.8. The first-order valence-corrected chi connectivity index (χ1v) is 8.36. The van der Waals surface area contributed by atoms with Gasteiger partial charge in [0.05, 0.1) is 12.8 Å². The van der Waals surface area contributed by atoms with Gasteiger partial charge in [0.15, 0.2) is 0 Å². The number of nitrogens with one attached hydrogen (secondary N) is 2. The number of benzene rings is 2. The summed E-state index contributed by atoms with van der Waals surface area (Å²) in [4.78, 5) is 8.49. The van der Waals surface area contributed by atoms with Gasteiger partial charge in [0.25, 0.3) is 0 Å². The minimum Gasteiger partial charge on any atom is -0.495 e. The van der Waals surface area contributed by atoms with Crippen LogP contribution in [0.3, 0.4) is 0 Å². The molecular formula is C20H21FN4O. The molecule has 0 fully saturated rings. The molecule has 0 unspecified atom stereocenters. The van der Waals surface area contributed by atoms with Gasteiger partial charge in [-0.05, 0) is 48.7 Å². The number of hydrogen-bond donors (Lipinski definition) is 2. The minimum atomic E-state index is -0.222. The summed E-state index contributed by atoms with van der Waals surface area (Å²) >= 11 is 0. The van der Waals surface area contributed by atoms with E-state index in [9.17, 15) is 4.39 Å². The van der Waals surface area contributed by atoms with Crippen molar-refractivity contribution in [2.45, 2.75) is 13.3 Å². The quantitative estimate of drug-likeness (QED) is 0.663. The molecule has 0 aliphatic carbocycles. The van der Waals surface area contributed by atoms with Crippen LogP contribution in [0.5, 0.6) is 5.75 Å². The molecule has 0 radical (unpaired) electrons. The Balaban J connectivity index is 1.63. The number of ether oxygens (including phenoxy) is 1. The van der Waals surface area contributed by atoms with Gasteiger partial charge in [-0.15, -0.1) is 0 Å². The predicted molar refractivity (Wildman–Crippen MR) is 102 cm³/mol. The number of aryl methyl sites for hydroxylation is 1. The molecule has 2 N–H and O–H groups in total. The highest BCUT2D eigenvalue weighted by atomic mass is 19.1. The summed E-state index contributed by atoms with van der Waals surface area (Å²) in [7, 11) is 1.64. The second-order valence-electron chi connectivity index (χ2n) is 5.92. The Kier molecular flexibility index (Phi) is 5.63. The average molecular weight is 352 g/mol. The molecule has 3 aromatic rings. The van der Waals surface area contributed by atoms with Crippen LogP contribution in [-0.2, 0) is 6.42 Å². The van der Waals surface area contributed by atoms with E-state index in [0.29, 0.717) is 12.4 Å². The van der Waals surface area contributed by atoms with Crippen molar-refractivity contribution in [3.8, 4) is 5.75 Å². The van der Waals surface area contributed by atoms with E-state index in [1.54, 1.807) is 19.2 Å². The molecule has 6 heteroatoms. The lowest BCUT2D eigenvalue weighted by molar-refractivity contribution is 0.416. The molecule has 0 bridgehead atoms. The standard InChI is InChI=1S/C20H21FN4O/c1-14-3-8-18(26-2)17(11-14)25-20-12-19(23-13-24-20)22-10-9-15-4-6-16(21)7-5-15/h3-8,11-13H,9-10H2,1-2H3,(H2,22,23,24,25). The second kappa shape index (κ2) is 8.29. The summed E-state index contributed by atoms with van der Waals surface area (Å²) in [5.74, 6) is 1.92. The average Bonchev–Trinajstić information content (AvgIpc) is 2.64. The van der Waals surface area contributed by atoms with Crippen molar-refractivity contribution in [1.82, 2.24) is 9.97 Å². The van der Waals surface area contributed by atoms with E-state index in [1.807, 2.05) is 31.2 Å². The number of rotatable bonds is 7. The lowest BCUT2D eigenvalue weighted by Crippen LogP contribution is -2.07. The molecule has 0 aliphatic rings. The van der Waals surface area contributed by atoms with Crippen LogP contribution in [0, 0.1) is 12.7 Å². The van der Waals surface area contributed by atoms with E-state index < -0.39 is 0 Å². The van der Waals surface area contributed by atoms with Crippen LogP contribution in [0.1, 0.15) is 11.1 Å². The molecule has 3 rings (SSSR count). The molecule has 134 valence electrons. The highest BCUT2D eigenvalue weighted by Gasteiger charge is 2.05. The summed E-state index contributed by atoms with van der Waals surface area (Å²) in [6.45, 7) is 2.71. The van der Waals surface area contributed by atoms with Gasteiger partial charge in [0.2, 0.25) is 0 Å². The summed E-state index contributed by atoms with van der Waals surface area (Å²) in [6, 6.07) is 14.3. The molecule has 5 nitrogen and oxygen atoms in total. The Hall–Kier alpha value is -3.15. The van der Waals surface area contributed by atoms with Crippen LogP contribution in [0.4, 0.5) is 21.7 Å². The van der Waals surface area contributed by atoms with Crippen LogP contribution in [0.2, 0.25) is 0 Å². The third-order valence-electron chi connectivity index (χ3n) is 3.92. The molecule has 26 heavy (non-hydrogen) atoms. The molecule has 0 spiro atoms. The molecule has 0 aliphatic heterocycles. The number of aromatic nitrogens is 2. The lowest BCUT2D eigenvalue weighted by Gasteiger charge is -2.12. The Labute approximate surface area is 152 Å². The zero-order chi connectivity index (χ0) is 18.4. The van der Waals surface area contributed by atoms with Gasteiger partial charge >= 0.3 is 0 Å². The second-order valence-corrected chi connectivity index (χ2v) is 5.92. The van der Waals surface area contributed by atoms with Crippen molar-refractivity contribution in [2.75, 3.05) is 24.3 Å². The largest absolute Gasteiger partial charge is 0.495 e. The molecule has 0 amide bonds. The first kappa shape index (κ1) is 17.7. The van der Waals surface area contributed by atoms with Crippen molar-refractivity contribution in [2.24, 2.45) is 0 Å². The van der Waals surface area contributed by atoms with Crippen molar-refractivity contribution < 1.29 is 9.13 Å². The maximum Gasteiger partial charge on any atom is 0.142 e. The van der Waals surface area contributed by atoms with Crippen LogP contribution in [0.25, 0.3) is 0 Å². The van der Waals surface area contributed by atoms with E-state index in [4.69, 9.17) is 4.74 Å². The lowest BCUT2D eigenvalue weighted by atomic mass is 10.1. The summed E-state index contributed by atoms with van der Waals surface area (Å²) in [5, 5.41) is 6.52. The van der Waals surface area contributed by atoms with Crippen LogP contribution < -0.4 is 15.4 Å². The zero-order valence-corrected chi connectivity index (χ0v) is 14.8. The summed E-state index contributed by atoms with van der Waals surface area (Å²) in [5.41, 5.74) is 3.04. The maximum absolute atomic E-state index is 12.9. The van der Waals surface area contributed by atoms with Crippen molar-refractivity contribution in [3.05, 3.63) is 71.8 Å². The fourth-order valence-corrected chi connectivity index (χ4v) is 2.57. The normalized spacial score (nSPS) is 10.4. The minimum absolute atomic E-state index is 0.222. The monoisotopic (exact) mass is 352 g/mol. The van der Waals surface area contributed by atoms with Gasteiger partial charge in [-0.25, -0.2) is 14.4 Å². The number of hydrogen-bond acceptors (Lipinski definition) is 5. The highest BCUT2D eigenvalue weighted by Crippen LogP contribution is 2.28. The van der Waals surface area contributed by atoms with E-state index in [-0.39, 0.29) is 5.82 Å². The molecule has 1 heterocycles. The van der Waals surface area contributed by atoms with Gasteiger partial charge in [0, 0.05) is 12.6 Å². The van der Waals surface area contributed by atoms with E-state index in [0.717, 1.165) is 34.8 Å². The van der Waals surface area contributed by atoms with E-state index >= 15 is 0 Å². The third kappa shape index (κ3) is 4.69. The molecule has 2 aromatic carbocycles. The number of nitrogens with zero attached hydrogens (tertiary/aromatic N) is 2. The number of methoxy groups -OCH3 is 1. The Morgan fingerprint density at radius 3 is 2.54 bits per heavy atom. The van der Waals surface area contributed by atoms with Gasteiger partial charge in [-0.1, -0.05) is 18.2 Å². The molecule has 1 aromatic heterocycles. The molecular weight excluding hydrogens is 331 g/mol. The van der Waals surface area contributed by atoms with Crippen LogP contribution in [-0.4, -0.2) is 23.6 Å². The van der Waals surface area contributed by atoms with Crippen molar-refractivity contribution in [1.29, 1.82) is 0 Å². The third-order valence-corrected chi connectivity index (χ3v) is 3.92. The van der Waals surface area contributed by atoms with Crippen molar-refractivity contribution in [3.63, 3.8) is 0 Å². The fraction of sp³-hybridized carbons (Fsp3) is 0.200. The topological polar surface area (TPSA) is 59.1 Å². The van der Waals surface area contributed by atoms with Gasteiger partial charge in [-0.2, -0.15) is 0 Å². The molecule has 0 atom stereocenters. The van der Waals surface area contributed by atoms with Crippen LogP contribution in [0.15, 0.2) is 54.9 Å². The maximum atomic E-state index is 12.9. The Bertz CT molecular complexity index is 868. The van der Waals surface area contributed by atoms with E-state index in [1.165, 1.54) is 18.5 Å². The smallest absolute Gasteiger partial charge is 0.142 e. The highest BCUT2D eigenvalue weighted by molar-refractivity contribution is 5.66. The first-order chi connectivity index (χ1) is 12.6. The number of halogens is 1. The van der Waals surface area contributed by atoms with Crippen molar-refractivity contribution >= 4 is 17.3 Å². The summed E-state index contributed by atoms with van der Waals surface area (Å²) < 4.78 is 18.3. The van der Waals surface area contributed by atoms with Gasteiger partial charge < -0.3 is 15.4 Å². The van der Waals surface area contributed by atoms with Gasteiger partial charge in [-0.3, -0.25) is 0 Å². The number of anilines is 3. The summed E-state index contributed by atoms with van der Waals surface area (Å²) in [6.07, 6.45) is 2.28. The predicted octanol–water partition coefficient (Wildman–Crippen LogP) is 4.33. The fourth-order valence-electron chi connectivity index (χ4n) is 2.57. The van der Waals surface area contributed by atoms with Gasteiger partial charge in [0.1, 0.15) is 29.5 Å². The van der Waals surface area contributed by atoms with Crippen LogP contribution >= 0.6 is 0 Å². The first-order valence-electron chi connectivity index (χ1n) is 8.36. The molecule has 0 saturated carbocycles.